The number of rotatable bonds is 4. The molecule has 0 saturated heterocycles. The second-order valence-corrected chi connectivity index (χ2v) is 6.39. The predicted octanol–water partition coefficient (Wildman–Crippen LogP) is 3.26. The van der Waals surface area contributed by atoms with Crippen LogP contribution in [0.2, 0.25) is 0 Å². The van der Waals surface area contributed by atoms with Crippen LogP contribution in [0.1, 0.15) is 40.1 Å². The van der Waals surface area contributed by atoms with Crippen LogP contribution in [0, 0.1) is 6.92 Å². The molecule has 0 aliphatic rings. The Morgan fingerprint density at radius 3 is 1.96 bits per heavy atom. The molecule has 5 nitrogen and oxygen atoms in total. The zero-order chi connectivity index (χ0) is 18.4. The Bertz CT molecular complexity index is 768. The first kappa shape index (κ1) is 18.6. The third-order valence-corrected chi connectivity index (χ3v) is 3.57. The topological polar surface area (TPSA) is 70.2 Å². The predicted molar refractivity (Wildman–Crippen MR) is 104 cm³/mol. The number of anilines is 1. The number of aryl methyl sites for hydroxylation is 1. The lowest BCUT2D eigenvalue weighted by Crippen LogP contribution is -2.34. The van der Waals surface area contributed by atoms with E-state index in [9.17, 15) is 9.59 Å². The summed E-state index contributed by atoms with van der Waals surface area (Å²) in [5.74, 6) is -0.401. The van der Waals surface area contributed by atoms with Crippen molar-refractivity contribution < 1.29 is 9.59 Å². The molecular formula is C19H21N3O2S. The van der Waals surface area contributed by atoms with Gasteiger partial charge in [0, 0.05) is 22.9 Å². The minimum Gasteiger partial charge on any atom is -0.350 e. The van der Waals surface area contributed by atoms with Crippen LogP contribution in [0.25, 0.3) is 0 Å². The van der Waals surface area contributed by atoms with Gasteiger partial charge in [-0.15, -0.1) is 0 Å². The average Bonchev–Trinajstić information content (AvgIpc) is 2.55. The smallest absolute Gasteiger partial charge is 0.257 e. The van der Waals surface area contributed by atoms with Gasteiger partial charge in [0.1, 0.15) is 0 Å². The fourth-order valence-corrected chi connectivity index (χ4v) is 2.30. The number of nitrogens with one attached hydrogen (secondary N) is 3. The van der Waals surface area contributed by atoms with Crippen molar-refractivity contribution in [3.63, 3.8) is 0 Å². The molecule has 130 valence electrons. The van der Waals surface area contributed by atoms with Crippen LogP contribution in [0.5, 0.6) is 0 Å². The molecule has 0 aliphatic heterocycles. The van der Waals surface area contributed by atoms with Gasteiger partial charge < -0.3 is 10.6 Å². The molecule has 0 heterocycles. The molecule has 0 aliphatic carbocycles. The van der Waals surface area contributed by atoms with Gasteiger partial charge in [0.05, 0.1) is 0 Å². The normalized spacial score (nSPS) is 10.2. The van der Waals surface area contributed by atoms with Gasteiger partial charge in [-0.1, -0.05) is 17.7 Å². The number of thiocarbonyl (C=S) groups is 1. The van der Waals surface area contributed by atoms with Crippen molar-refractivity contribution in [2.75, 3.05) is 5.32 Å². The van der Waals surface area contributed by atoms with Gasteiger partial charge in [-0.05, 0) is 69.4 Å². The van der Waals surface area contributed by atoms with Crippen LogP contribution in [0.15, 0.2) is 48.5 Å². The quantitative estimate of drug-likeness (QED) is 0.736. The number of hydrogen-bond acceptors (Lipinski definition) is 3. The summed E-state index contributed by atoms with van der Waals surface area (Å²) < 4.78 is 0. The van der Waals surface area contributed by atoms with Gasteiger partial charge in [-0.2, -0.15) is 0 Å². The third-order valence-electron chi connectivity index (χ3n) is 3.37. The summed E-state index contributed by atoms with van der Waals surface area (Å²) in [6.07, 6.45) is 0. The van der Waals surface area contributed by atoms with Crippen molar-refractivity contribution in [3.05, 3.63) is 65.2 Å². The van der Waals surface area contributed by atoms with Gasteiger partial charge in [-0.25, -0.2) is 0 Å². The van der Waals surface area contributed by atoms with Crippen molar-refractivity contribution in [2.45, 2.75) is 26.8 Å². The number of carbonyl (C=O) groups is 2. The van der Waals surface area contributed by atoms with E-state index in [0.29, 0.717) is 16.8 Å². The maximum Gasteiger partial charge on any atom is 0.257 e. The molecule has 0 bridgehead atoms. The molecule has 0 saturated carbocycles. The highest BCUT2D eigenvalue weighted by Crippen LogP contribution is 2.10. The standard InChI is InChI=1S/C19H21N3O2S/c1-12(2)20-17(23)15-8-10-16(11-9-15)21-19(25)22-18(24)14-6-4-13(3)5-7-14/h4-12H,1-3H3,(H,20,23)(H2,21,22,24,25). The molecule has 0 fully saturated rings. The zero-order valence-electron chi connectivity index (χ0n) is 14.4. The van der Waals surface area contributed by atoms with Gasteiger partial charge >= 0.3 is 0 Å². The van der Waals surface area contributed by atoms with Crippen LogP contribution in [-0.4, -0.2) is 23.0 Å². The number of carbonyl (C=O) groups excluding carboxylic acids is 2. The van der Waals surface area contributed by atoms with E-state index in [1.807, 2.05) is 32.9 Å². The van der Waals surface area contributed by atoms with Crippen LogP contribution in [-0.2, 0) is 0 Å². The van der Waals surface area contributed by atoms with E-state index in [1.54, 1.807) is 36.4 Å². The van der Waals surface area contributed by atoms with Gasteiger partial charge in [0.2, 0.25) is 0 Å². The van der Waals surface area contributed by atoms with E-state index in [1.165, 1.54) is 0 Å². The van der Waals surface area contributed by atoms with Gasteiger partial charge in [0.25, 0.3) is 11.8 Å². The Morgan fingerprint density at radius 1 is 0.880 bits per heavy atom. The summed E-state index contributed by atoms with van der Waals surface area (Å²) in [5, 5.41) is 8.58. The van der Waals surface area contributed by atoms with Crippen molar-refractivity contribution in [1.82, 2.24) is 10.6 Å². The average molecular weight is 355 g/mol. The van der Waals surface area contributed by atoms with Crippen molar-refractivity contribution in [2.24, 2.45) is 0 Å². The molecule has 0 atom stereocenters. The molecular weight excluding hydrogens is 334 g/mol. The molecule has 0 aromatic heterocycles. The second kappa shape index (κ2) is 8.39. The molecule has 0 radical (unpaired) electrons. The van der Waals surface area contributed by atoms with Gasteiger partial charge in [-0.3, -0.25) is 14.9 Å². The number of benzene rings is 2. The summed E-state index contributed by atoms with van der Waals surface area (Å²) >= 11 is 5.16. The maximum absolute atomic E-state index is 12.1. The van der Waals surface area contributed by atoms with E-state index >= 15 is 0 Å². The first-order valence-electron chi connectivity index (χ1n) is 7.95. The largest absolute Gasteiger partial charge is 0.350 e. The van der Waals surface area contributed by atoms with Crippen molar-refractivity contribution in [3.8, 4) is 0 Å². The monoisotopic (exact) mass is 355 g/mol. The van der Waals surface area contributed by atoms with Crippen molar-refractivity contribution in [1.29, 1.82) is 0 Å². The number of amides is 2. The van der Waals surface area contributed by atoms with Crippen LogP contribution in [0.4, 0.5) is 5.69 Å². The lowest BCUT2D eigenvalue weighted by Gasteiger charge is -2.11. The van der Waals surface area contributed by atoms with E-state index in [0.717, 1.165) is 5.56 Å². The molecule has 0 unspecified atom stereocenters. The Hall–Kier alpha value is -2.73. The highest BCUT2D eigenvalue weighted by atomic mass is 32.1. The van der Waals surface area contributed by atoms with E-state index in [2.05, 4.69) is 16.0 Å². The summed E-state index contributed by atoms with van der Waals surface area (Å²) in [5.41, 5.74) is 2.87. The zero-order valence-corrected chi connectivity index (χ0v) is 15.2. The fourth-order valence-electron chi connectivity index (χ4n) is 2.09. The lowest BCUT2D eigenvalue weighted by atomic mass is 10.1. The lowest BCUT2D eigenvalue weighted by molar-refractivity contribution is 0.0941. The Kier molecular flexibility index (Phi) is 6.25. The molecule has 25 heavy (non-hydrogen) atoms. The van der Waals surface area contributed by atoms with Crippen LogP contribution in [0.3, 0.4) is 0 Å². The van der Waals surface area contributed by atoms with Crippen LogP contribution < -0.4 is 16.0 Å². The minimum absolute atomic E-state index is 0.0786. The highest BCUT2D eigenvalue weighted by molar-refractivity contribution is 7.80. The first-order chi connectivity index (χ1) is 11.8. The highest BCUT2D eigenvalue weighted by Gasteiger charge is 2.09. The summed E-state index contributed by atoms with van der Waals surface area (Å²) in [7, 11) is 0. The number of hydrogen-bond donors (Lipinski definition) is 3. The van der Waals surface area contributed by atoms with Crippen molar-refractivity contribution >= 4 is 34.8 Å². The summed E-state index contributed by atoms with van der Waals surface area (Å²) in [6, 6.07) is 14.2. The van der Waals surface area contributed by atoms with Crippen LogP contribution >= 0.6 is 12.2 Å². The first-order valence-corrected chi connectivity index (χ1v) is 8.36. The van der Waals surface area contributed by atoms with E-state index in [4.69, 9.17) is 12.2 Å². The SMILES string of the molecule is Cc1ccc(C(=O)NC(=S)Nc2ccc(C(=O)NC(C)C)cc2)cc1. The Labute approximate surface area is 152 Å². The minimum atomic E-state index is -0.273. The second-order valence-electron chi connectivity index (χ2n) is 5.98. The molecule has 0 spiro atoms. The molecule has 6 heteroatoms. The molecule has 3 N–H and O–H groups in total. The maximum atomic E-state index is 12.1. The molecule has 2 amide bonds. The van der Waals surface area contributed by atoms with E-state index in [-0.39, 0.29) is 23.0 Å². The summed E-state index contributed by atoms with van der Waals surface area (Å²) in [4.78, 5) is 24.0. The third kappa shape index (κ3) is 5.69. The molecule has 2 aromatic carbocycles. The Balaban J connectivity index is 1.93. The molecule has 2 aromatic rings. The molecule has 2 rings (SSSR count). The van der Waals surface area contributed by atoms with E-state index < -0.39 is 0 Å². The Morgan fingerprint density at radius 2 is 1.40 bits per heavy atom. The fraction of sp³-hybridized carbons (Fsp3) is 0.211. The van der Waals surface area contributed by atoms with Gasteiger partial charge in [0.15, 0.2) is 5.11 Å². The summed E-state index contributed by atoms with van der Waals surface area (Å²) in [6.45, 7) is 5.77.